The highest BCUT2D eigenvalue weighted by Gasteiger charge is 2.20. The molecule has 0 amide bonds. The normalized spacial score (nSPS) is 14.5. The molecule has 0 aromatic rings. The Balaban J connectivity index is 3.92. The lowest BCUT2D eigenvalue weighted by Gasteiger charge is -2.20. The zero-order valence-corrected chi connectivity index (χ0v) is 13.9. The van der Waals surface area contributed by atoms with Gasteiger partial charge in [0.2, 0.25) is 0 Å². The molecule has 2 atom stereocenters. The quantitative estimate of drug-likeness (QED) is 0.349. The van der Waals surface area contributed by atoms with Crippen molar-refractivity contribution in [3.8, 4) is 0 Å². The lowest BCUT2D eigenvalue weighted by atomic mass is 9.60. The fraction of sp³-hybridized carbons (Fsp3) is 1.00. The second kappa shape index (κ2) is 12.4. The monoisotopic (exact) mass is 272 g/mol. The number of hydrogen-bond donors (Lipinski definition) is 0. The average molecular weight is 273 g/mol. The molecule has 18 heavy (non-hydrogen) atoms. The lowest BCUT2D eigenvalue weighted by Crippen LogP contribution is -2.15. The third kappa shape index (κ3) is 9.31. The van der Waals surface area contributed by atoms with Crippen LogP contribution in [0.5, 0.6) is 0 Å². The third-order valence-corrected chi connectivity index (χ3v) is 4.62. The summed E-state index contributed by atoms with van der Waals surface area (Å²) < 4.78 is 0. The zero-order valence-electron chi connectivity index (χ0n) is 13.2. The molecule has 0 aliphatic heterocycles. The van der Waals surface area contributed by atoms with Crippen LogP contribution in [-0.4, -0.2) is 6.13 Å². The topological polar surface area (TPSA) is 0 Å². The molecule has 0 saturated heterocycles. The van der Waals surface area contributed by atoms with E-state index in [1.165, 1.54) is 64.0 Å². The van der Waals surface area contributed by atoms with Crippen molar-refractivity contribution in [3.63, 3.8) is 0 Å². The summed E-state index contributed by atoms with van der Waals surface area (Å²) in [6.45, 7) is 9.20. The van der Waals surface area contributed by atoms with E-state index in [1.807, 2.05) is 0 Å². The van der Waals surface area contributed by atoms with Gasteiger partial charge in [-0.25, -0.2) is 0 Å². The van der Waals surface area contributed by atoms with Crippen molar-refractivity contribution in [2.75, 3.05) is 0 Å². The Morgan fingerprint density at radius 1 is 0.778 bits per heavy atom. The maximum atomic E-state index is 6.59. The fourth-order valence-corrected chi connectivity index (χ4v) is 3.29. The highest BCUT2D eigenvalue weighted by atomic mass is 35.5. The largest absolute Gasteiger partial charge is 0.251 e. The first-order valence-electron chi connectivity index (χ1n) is 8.31. The molecule has 0 aromatic heterocycles. The van der Waals surface area contributed by atoms with Crippen molar-refractivity contribution in [2.24, 2.45) is 11.8 Å². The Kier molecular flexibility index (Phi) is 12.6. The van der Waals surface area contributed by atoms with E-state index in [9.17, 15) is 0 Å². The minimum Gasteiger partial charge on any atom is -0.196 e. The molecular weight excluding hydrogens is 238 g/mol. The first-order chi connectivity index (χ1) is 8.67. The van der Waals surface area contributed by atoms with Gasteiger partial charge in [0.25, 0.3) is 6.13 Å². The van der Waals surface area contributed by atoms with Crippen LogP contribution in [0.1, 0.15) is 79.1 Å². The van der Waals surface area contributed by atoms with E-state index in [0.717, 1.165) is 11.8 Å². The Hall–Kier alpha value is 0.355. The minimum atomic E-state index is 0.411. The van der Waals surface area contributed by atoms with Crippen molar-refractivity contribution in [3.05, 3.63) is 0 Å². The molecule has 2 unspecified atom stereocenters. The van der Waals surface area contributed by atoms with Crippen LogP contribution in [-0.2, 0) is 0 Å². The second-order valence-corrected chi connectivity index (χ2v) is 6.52. The molecule has 0 radical (unpaired) electrons. The molecule has 0 aliphatic rings. The van der Waals surface area contributed by atoms with Crippen molar-refractivity contribution in [1.29, 1.82) is 0 Å². The van der Waals surface area contributed by atoms with Gasteiger partial charge in [-0.1, -0.05) is 91.7 Å². The third-order valence-electron chi connectivity index (χ3n) is 4.26. The second-order valence-electron chi connectivity index (χ2n) is 5.90. The van der Waals surface area contributed by atoms with Crippen LogP contribution in [0.2, 0.25) is 12.6 Å². The predicted octanol–water partition coefficient (Wildman–Crippen LogP) is 6.65. The van der Waals surface area contributed by atoms with Gasteiger partial charge in [0, 0.05) is 0 Å². The summed E-state index contributed by atoms with van der Waals surface area (Å²) in [5.41, 5.74) is 0. The van der Waals surface area contributed by atoms with E-state index >= 15 is 0 Å². The Morgan fingerprint density at radius 3 is 1.44 bits per heavy atom. The highest BCUT2D eigenvalue weighted by molar-refractivity contribution is 7.06. The molecule has 0 spiro atoms. The van der Waals surface area contributed by atoms with Gasteiger partial charge in [0.1, 0.15) is 0 Å². The molecule has 0 N–H and O–H groups in total. The van der Waals surface area contributed by atoms with E-state index in [2.05, 4.69) is 27.7 Å². The number of rotatable bonds is 12. The van der Waals surface area contributed by atoms with Crippen molar-refractivity contribution >= 4 is 17.6 Å². The van der Waals surface area contributed by atoms with Gasteiger partial charge in [-0.15, -0.1) is 0 Å². The van der Waals surface area contributed by atoms with Gasteiger partial charge in [0.15, 0.2) is 0 Å². The molecule has 108 valence electrons. The first-order valence-corrected chi connectivity index (χ1v) is 8.75. The smallest absolute Gasteiger partial charge is 0.196 e. The average Bonchev–Trinajstić information content (AvgIpc) is 2.39. The van der Waals surface area contributed by atoms with E-state index in [0.29, 0.717) is 6.13 Å². The molecule has 0 saturated carbocycles. The number of halogens is 1. The number of unbranched alkanes of at least 4 members (excludes halogenated alkanes) is 2. The van der Waals surface area contributed by atoms with Crippen LogP contribution in [0.25, 0.3) is 0 Å². The van der Waals surface area contributed by atoms with Crippen LogP contribution < -0.4 is 0 Å². The van der Waals surface area contributed by atoms with Gasteiger partial charge in [-0.3, -0.25) is 0 Å². The summed E-state index contributed by atoms with van der Waals surface area (Å²) in [5, 5.41) is 0. The van der Waals surface area contributed by atoms with E-state index in [4.69, 9.17) is 11.5 Å². The molecule has 0 rings (SSSR count). The summed E-state index contributed by atoms with van der Waals surface area (Å²) in [7, 11) is 0. The van der Waals surface area contributed by atoms with Crippen LogP contribution in [0.4, 0.5) is 0 Å². The molecule has 0 bridgehead atoms. The van der Waals surface area contributed by atoms with Gasteiger partial charge < -0.3 is 0 Å². The summed E-state index contributed by atoms with van der Waals surface area (Å²) in [6.07, 6.45) is 13.6. The maximum absolute atomic E-state index is 6.59. The molecule has 0 aromatic carbocycles. The Morgan fingerprint density at radius 2 is 1.17 bits per heavy atom. The van der Waals surface area contributed by atoms with E-state index < -0.39 is 0 Å². The van der Waals surface area contributed by atoms with Crippen molar-refractivity contribution in [1.82, 2.24) is 0 Å². The SMILES string of the molecule is CCCCC(CC)CB(Cl)CC(CC)CCCC. The summed E-state index contributed by atoms with van der Waals surface area (Å²) in [6, 6.07) is 0. The Labute approximate surface area is 121 Å². The minimum absolute atomic E-state index is 0.411. The van der Waals surface area contributed by atoms with Crippen LogP contribution in [0.15, 0.2) is 0 Å². The van der Waals surface area contributed by atoms with E-state index in [1.54, 1.807) is 0 Å². The van der Waals surface area contributed by atoms with Gasteiger partial charge in [0.05, 0.1) is 0 Å². The molecule has 0 fully saturated rings. The molecule has 0 aliphatic carbocycles. The maximum Gasteiger partial charge on any atom is 0.251 e. The summed E-state index contributed by atoms with van der Waals surface area (Å²) >= 11 is 6.59. The predicted molar refractivity (Wildman–Crippen MR) is 87.8 cm³/mol. The van der Waals surface area contributed by atoms with Crippen molar-refractivity contribution < 1.29 is 0 Å². The molecule has 0 nitrogen and oxygen atoms in total. The van der Waals surface area contributed by atoms with E-state index in [-0.39, 0.29) is 0 Å². The number of hydrogen-bond acceptors (Lipinski definition) is 0. The highest BCUT2D eigenvalue weighted by Crippen LogP contribution is 2.27. The van der Waals surface area contributed by atoms with Crippen molar-refractivity contribution in [2.45, 2.75) is 91.7 Å². The fourth-order valence-electron chi connectivity index (χ4n) is 2.78. The first kappa shape index (κ1) is 18.4. The lowest BCUT2D eigenvalue weighted by molar-refractivity contribution is 0.473. The summed E-state index contributed by atoms with van der Waals surface area (Å²) in [4.78, 5) is 0. The Bertz CT molecular complexity index is 154. The molecule has 2 heteroatoms. The van der Waals surface area contributed by atoms with Crippen LogP contribution in [0, 0.1) is 11.8 Å². The standard InChI is InChI=1S/C16H34BCl/c1-5-9-11-15(7-3)13-17(18)14-16(8-4)12-10-6-2/h15-16H,5-14H2,1-4H3. The van der Waals surface area contributed by atoms with Gasteiger partial charge in [-0.05, 0) is 11.8 Å². The van der Waals surface area contributed by atoms with Crippen LogP contribution >= 0.6 is 11.5 Å². The summed E-state index contributed by atoms with van der Waals surface area (Å²) in [5.74, 6) is 1.72. The van der Waals surface area contributed by atoms with Gasteiger partial charge >= 0.3 is 0 Å². The van der Waals surface area contributed by atoms with Gasteiger partial charge in [-0.2, -0.15) is 11.5 Å². The molecular formula is C16H34BCl. The zero-order chi connectivity index (χ0) is 13.8. The van der Waals surface area contributed by atoms with Crippen LogP contribution in [0.3, 0.4) is 0 Å². The molecule has 0 heterocycles.